The highest BCUT2D eigenvalue weighted by atomic mass is 32.2. The Labute approximate surface area is 154 Å². The first-order valence-electron chi connectivity index (χ1n) is 7.83. The molecule has 0 amide bonds. The molecule has 3 rings (SSSR count). The van der Waals surface area contributed by atoms with Gasteiger partial charge in [-0.3, -0.25) is 9.89 Å². The lowest BCUT2D eigenvalue weighted by atomic mass is 10.1. The van der Waals surface area contributed by atoms with E-state index in [2.05, 4.69) is 53.5 Å². The first-order chi connectivity index (χ1) is 12.1. The number of carboxylic acids is 1. The van der Waals surface area contributed by atoms with Gasteiger partial charge in [-0.25, -0.2) is 0 Å². The van der Waals surface area contributed by atoms with Gasteiger partial charge in [0.25, 0.3) is 0 Å². The standard InChI is InChI=1S/C19H18N2O2S2/c1-13-5-2-3-6-14(13)7-4-8-15-9-10-17(25-15)16-11-18(21-20-16)24-12-19(22)23/h2-7,9-11H,8,12H2,1H3,(H,20,21)(H,22,23). The molecule has 0 spiro atoms. The highest BCUT2D eigenvalue weighted by Crippen LogP contribution is 2.29. The Morgan fingerprint density at radius 1 is 1.32 bits per heavy atom. The first-order valence-corrected chi connectivity index (χ1v) is 9.63. The first kappa shape index (κ1) is 17.5. The van der Waals surface area contributed by atoms with Gasteiger partial charge in [0.1, 0.15) is 5.03 Å². The summed E-state index contributed by atoms with van der Waals surface area (Å²) >= 11 is 2.93. The van der Waals surface area contributed by atoms with E-state index in [-0.39, 0.29) is 5.75 Å². The average molecular weight is 370 g/mol. The van der Waals surface area contributed by atoms with Crippen LogP contribution in [0.4, 0.5) is 0 Å². The van der Waals surface area contributed by atoms with Gasteiger partial charge < -0.3 is 5.11 Å². The van der Waals surface area contributed by atoms with Crippen LogP contribution in [-0.4, -0.2) is 27.0 Å². The predicted octanol–water partition coefficient (Wildman–Crippen LogP) is 4.88. The molecule has 1 aromatic carbocycles. The van der Waals surface area contributed by atoms with Crippen LogP contribution in [0.3, 0.4) is 0 Å². The molecule has 0 saturated heterocycles. The zero-order valence-corrected chi connectivity index (χ0v) is 15.4. The van der Waals surface area contributed by atoms with Crippen LogP contribution in [-0.2, 0) is 11.2 Å². The third-order valence-corrected chi connectivity index (χ3v) is 5.67. The Balaban J connectivity index is 1.62. The number of aromatic nitrogens is 2. The van der Waals surface area contributed by atoms with Crippen LogP contribution < -0.4 is 0 Å². The van der Waals surface area contributed by atoms with Gasteiger partial charge in [-0.2, -0.15) is 5.10 Å². The van der Waals surface area contributed by atoms with Gasteiger partial charge in [0, 0.05) is 11.3 Å². The van der Waals surface area contributed by atoms with Gasteiger partial charge in [-0.1, -0.05) is 48.2 Å². The normalized spacial score (nSPS) is 11.2. The molecule has 6 heteroatoms. The quantitative estimate of drug-likeness (QED) is 0.582. The molecule has 0 atom stereocenters. The summed E-state index contributed by atoms with van der Waals surface area (Å²) in [4.78, 5) is 13.0. The Morgan fingerprint density at radius 2 is 2.16 bits per heavy atom. The van der Waals surface area contributed by atoms with Gasteiger partial charge >= 0.3 is 5.97 Å². The number of aliphatic carboxylic acids is 1. The third kappa shape index (κ3) is 4.84. The molecule has 0 saturated carbocycles. The van der Waals surface area contributed by atoms with Crippen LogP contribution in [0.15, 0.2) is 53.6 Å². The molecule has 0 fully saturated rings. The topological polar surface area (TPSA) is 66.0 Å². The van der Waals surface area contributed by atoms with Crippen LogP contribution in [0.2, 0.25) is 0 Å². The van der Waals surface area contributed by atoms with E-state index >= 15 is 0 Å². The highest BCUT2D eigenvalue weighted by molar-refractivity contribution is 7.99. The number of aromatic amines is 1. The van der Waals surface area contributed by atoms with Gasteiger partial charge in [0.15, 0.2) is 0 Å². The maximum absolute atomic E-state index is 10.6. The Morgan fingerprint density at radius 3 is 2.96 bits per heavy atom. The summed E-state index contributed by atoms with van der Waals surface area (Å²) in [5.74, 6) is -0.822. The number of carboxylic acid groups (broad SMARTS) is 1. The maximum atomic E-state index is 10.6. The van der Waals surface area contributed by atoms with Crippen molar-refractivity contribution in [2.24, 2.45) is 0 Å². The van der Waals surface area contributed by atoms with Gasteiger partial charge in [0.2, 0.25) is 0 Å². The van der Waals surface area contributed by atoms with Crippen LogP contribution in [0.25, 0.3) is 16.6 Å². The lowest BCUT2D eigenvalue weighted by Gasteiger charge is -1.98. The van der Waals surface area contributed by atoms with Crippen molar-refractivity contribution in [1.29, 1.82) is 0 Å². The van der Waals surface area contributed by atoms with Crippen LogP contribution >= 0.6 is 23.1 Å². The van der Waals surface area contributed by atoms with E-state index in [9.17, 15) is 4.79 Å². The van der Waals surface area contributed by atoms with Gasteiger partial charge in [0.05, 0.1) is 16.3 Å². The monoisotopic (exact) mass is 370 g/mol. The summed E-state index contributed by atoms with van der Waals surface area (Å²) in [6.45, 7) is 2.11. The number of allylic oxidation sites excluding steroid dienone is 1. The molecule has 0 aliphatic heterocycles. The largest absolute Gasteiger partial charge is 0.481 e. The zero-order valence-electron chi connectivity index (χ0n) is 13.7. The number of rotatable bonds is 7. The van der Waals surface area contributed by atoms with Crippen molar-refractivity contribution in [3.8, 4) is 10.6 Å². The number of hydrogen-bond donors (Lipinski definition) is 2. The fraction of sp³-hybridized carbons (Fsp3) is 0.158. The number of nitrogens with zero attached hydrogens (tertiary/aromatic N) is 1. The molecular weight excluding hydrogens is 352 g/mol. The Kier molecular flexibility index (Phi) is 5.73. The average Bonchev–Trinajstić information content (AvgIpc) is 3.24. The van der Waals surface area contributed by atoms with Gasteiger partial charge in [-0.05, 0) is 36.2 Å². The number of hydrogen-bond acceptors (Lipinski definition) is 4. The molecule has 3 aromatic rings. The number of benzene rings is 1. The number of H-pyrrole nitrogens is 1. The van der Waals surface area contributed by atoms with Crippen molar-refractivity contribution >= 4 is 35.1 Å². The summed E-state index contributed by atoms with van der Waals surface area (Å²) in [5.41, 5.74) is 3.44. The van der Waals surface area contributed by atoms with Crippen molar-refractivity contribution in [3.05, 3.63) is 64.5 Å². The molecule has 0 radical (unpaired) electrons. The second kappa shape index (κ2) is 8.18. The number of carbonyl (C=O) groups is 1. The summed E-state index contributed by atoms with van der Waals surface area (Å²) in [6, 6.07) is 14.4. The third-order valence-electron chi connectivity index (χ3n) is 3.63. The van der Waals surface area contributed by atoms with E-state index in [1.54, 1.807) is 11.3 Å². The van der Waals surface area contributed by atoms with Crippen LogP contribution in [0, 0.1) is 6.92 Å². The van der Waals surface area contributed by atoms with E-state index in [4.69, 9.17) is 5.11 Å². The maximum Gasteiger partial charge on any atom is 0.313 e. The molecule has 0 unspecified atom stereocenters. The van der Waals surface area contributed by atoms with Crippen LogP contribution in [0.1, 0.15) is 16.0 Å². The molecule has 2 aromatic heterocycles. The summed E-state index contributed by atoms with van der Waals surface area (Å²) in [6.07, 6.45) is 5.22. The Bertz CT molecular complexity index is 896. The SMILES string of the molecule is Cc1ccccc1C=CCc1ccc(-c2cc(SCC(=O)O)n[nH]2)s1. The van der Waals surface area contributed by atoms with Gasteiger partial charge in [-0.15, -0.1) is 11.3 Å². The van der Waals surface area contributed by atoms with E-state index in [1.165, 1.54) is 27.8 Å². The predicted molar refractivity (Wildman–Crippen MR) is 104 cm³/mol. The molecule has 0 aliphatic rings. The van der Waals surface area contributed by atoms with Crippen molar-refractivity contribution in [2.45, 2.75) is 18.4 Å². The second-order valence-corrected chi connectivity index (χ2v) is 7.70. The fourth-order valence-electron chi connectivity index (χ4n) is 2.35. The molecule has 2 N–H and O–H groups in total. The zero-order chi connectivity index (χ0) is 17.6. The van der Waals surface area contributed by atoms with Crippen LogP contribution in [0.5, 0.6) is 0 Å². The molecule has 0 aliphatic carbocycles. The minimum absolute atomic E-state index is 0.0175. The Hall–Kier alpha value is -2.31. The summed E-state index contributed by atoms with van der Waals surface area (Å²) < 4.78 is 0. The summed E-state index contributed by atoms with van der Waals surface area (Å²) in [5, 5.41) is 16.6. The fourth-order valence-corrected chi connectivity index (χ4v) is 3.88. The smallest absolute Gasteiger partial charge is 0.313 e. The number of thioether (sulfide) groups is 1. The van der Waals surface area contributed by atoms with E-state index in [0.29, 0.717) is 5.03 Å². The van der Waals surface area contributed by atoms with Crippen molar-refractivity contribution in [1.82, 2.24) is 10.2 Å². The highest BCUT2D eigenvalue weighted by Gasteiger charge is 2.08. The molecule has 25 heavy (non-hydrogen) atoms. The lowest BCUT2D eigenvalue weighted by molar-refractivity contribution is -0.133. The molecule has 2 heterocycles. The number of thiophene rings is 1. The van der Waals surface area contributed by atoms with Crippen molar-refractivity contribution < 1.29 is 9.90 Å². The minimum atomic E-state index is -0.839. The van der Waals surface area contributed by atoms with E-state index < -0.39 is 5.97 Å². The molecule has 128 valence electrons. The molecule has 4 nitrogen and oxygen atoms in total. The van der Waals surface area contributed by atoms with Crippen molar-refractivity contribution in [3.63, 3.8) is 0 Å². The summed E-state index contributed by atoms with van der Waals surface area (Å²) in [7, 11) is 0. The lowest BCUT2D eigenvalue weighted by Crippen LogP contribution is -1.97. The molecular formula is C19H18N2O2S2. The second-order valence-electron chi connectivity index (χ2n) is 5.53. The minimum Gasteiger partial charge on any atom is -0.481 e. The number of aryl methyl sites for hydroxylation is 1. The van der Waals surface area contributed by atoms with Crippen molar-refractivity contribution in [2.75, 3.05) is 5.75 Å². The van der Waals surface area contributed by atoms with E-state index in [1.807, 2.05) is 18.2 Å². The molecule has 0 bridgehead atoms. The van der Waals surface area contributed by atoms with E-state index in [0.717, 1.165) is 17.0 Å². The number of nitrogens with one attached hydrogen (secondary N) is 1.